The van der Waals surface area contributed by atoms with Crippen molar-refractivity contribution in [2.75, 3.05) is 16.8 Å². The number of hydrogen-bond acceptors (Lipinski definition) is 5. The Morgan fingerprint density at radius 3 is 2.95 bits per heavy atom. The van der Waals surface area contributed by atoms with Crippen LogP contribution in [0.1, 0.15) is 49.9 Å². The van der Waals surface area contributed by atoms with Gasteiger partial charge < -0.3 is 5.32 Å². The molecule has 1 aromatic heterocycles. The highest BCUT2D eigenvalue weighted by Crippen LogP contribution is 2.38. The van der Waals surface area contributed by atoms with Crippen molar-refractivity contribution in [2.24, 2.45) is 0 Å². The summed E-state index contributed by atoms with van der Waals surface area (Å²) in [7, 11) is -2.97. The number of nitrogens with zero attached hydrogens (tertiary/aromatic N) is 2. The minimum Gasteiger partial charge on any atom is -0.311 e. The second-order valence-corrected chi connectivity index (χ2v) is 9.13. The van der Waals surface area contributed by atoms with Crippen molar-refractivity contribution in [1.29, 1.82) is 0 Å². The molecule has 3 heterocycles. The summed E-state index contributed by atoms with van der Waals surface area (Å²) in [5.74, 6) is 2.71. The van der Waals surface area contributed by atoms with Crippen molar-refractivity contribution < 1.29 is 13.2 Å². The molecule has 1 saturated heterocycles. The third-order valence-corrected chi connectivity index (χ3v) is 6.87. The summed E-state index contributed by atoms with van der Waals surface area (Å²) < 4.78 is 25.2. The largest absolute Gasteiger partial charge is 0.311 e. The Bertz CT molecular complexity index is 682. The average Bonchev–Trinajstić information content (AvgIpc) is 3.12. The van der Waals surface area contributed by atoms with Crippen molar-refractivity contribution >= 4 is 33.3 Å². The minimum absolute atomic E-state index is 0.0106. The standard InChI is InChI=1S/C14H21N3O3S2/c1-2-3-4-13(18)15-14-11-7-21-8-12(11)16-17(14)10-5-6-22(19,20)9-10/h10H,2-9H2,1H3,(H,15,18). The van der Waals surface area contributed by atoms with Crippen LogP contribution in [0.4, 0.5) is 5.82 Å². The lowest BCUT2D eigenvalue weighted by Gasteiger charge is -2.15. The van der Waals surface area contributed by atoms with Gasteiger partial charge in [-0.1, -0.05) is 13.3 Å². The second kappa shape index (κ2) is 6.23. The average molecular weight is 343 g/mol. The number of anilines is 1. The van der Waals surface area contributed by atoms with Crippen molar-refractivity contribution in [3.63, 3.8) is 0 Å². The zero-order valence-electron chi connectivity index (χ0n) is 12.7. The van der Waals surface area contributed by atoms with Crippen LogP contribution in [0.2, 0.25) is 0 Å². The molecular weight excluding hydrogens is 322 g/mol. The maximum atomic E-state index is 12.1. The molecule has 0 spiro atoms. The van der Waals surface area contributed by atoms with E-state index in [-0.39, 0.29) is 23.5 Å². The minimum atomic E-state index is -2.97. The van der Waals surface area contributed by atoms with Gasteiger partial charge in [0.25, 0.3) is 0 Å². The van der Waals surface area contributed by atoms with Crippen LogP contribution in [-0.4, -0.2) is 35.6 Å². The lowest BCUT2D eigenvalue weighted by Crippen LogP contribution is -2.20. The zero-order chi connectivity index (χ0) is 15.7. The van der Waals surface area contributed by atoms with Crippen LogP contribution in [0.25, 0.3) is 0 Å². The van der Waals surface area contributed by atoms with E-state index in [0.717, 1.165) is 41.4 Å². The van der Waals surface area contributed by atoms with Gasteiger partial charge in [-0.3, -0.25) is 4.79 Å². The second-order valence-electron chi connectivity index (χ2n) is 5.92. The summed E-state index contributed by atoms with van der Waals surface area (Å²) in [5.41, 5.74) is 2.05. The summed E-state index contributed by atoms with van der Waals surface area (Å²) in [6.07, 6.45) is 2.90. The quantitative estimate of drug-likeness (QED) is 0.885. The molecule has 0 aromatic carbocycles. The van der Waals surface area contributed by atoms with Crippen molar-refractivity contribution in [1.82, 2.24) is 9.78 Å². The lowest BCUT2D eigenvalue weighted by molar-refractivity contribution is -0.116. The van der Waals surface area contributed by atoms with E-state index in [4.69, 9.17) is 0 Å². The van der Waals surface area contributed by atoms with Gasteiger partial charge in [-0.25, -0.2) is 13.1 Å². The molecule has 6 nitrogen and oxygen atoms in total. The van der Waals surface area contributed by atoms with E-state index in [9.17, 15) is 13.2 Å². The van der Waals surface area contributed by atoms with E-state index in [2.05, 4.69) is 17.3 Å². The fourth-order valence-corrected chi connectivity index (χ4v) is 5.66. The molecule has 2 aliphatic heterocycles. The highest BCUT2D eigenvalue weighted by molar-refractivity contribution is 7.98. The van der Waals surface area contributed by atoms with Crippen molar-refractivity contribution in [2.45, 2.75) is 50.2 Å². The molecule has 1 N–H and O–H groups in total. The number of carbonyl (C=O) groups excluding carboxylic acids is 1. The molecule has 0 saturated carbocycles. The van der Waals surface area contributed by atoms with Gasteiger partial charge in [0.05, 0.1) is 23.2 Å². The molecule has 122 valence electrons. The van der Waals surface area contributed by atoms with Gasteiger partial charge in [0.15, 0.2) is 9.84 Å². The molecule has 1 atom stereocenters. The SMILES string of the molecule is CCCCC(=O)Nc1c2c(nn1C1CCS(=O)(=O)C1)CSC2. The predicted octanol–water partition coefficient (Wildman–Crippen LogP) is 2.12. The summed E-state index contributed by atoms with van der Waals surface area (Å²) in [6.45, 7) is 2.05. The van der Waals surface area contributed by atoms with Crippen LogP contribution in [0, 0.1) is 0 Å². The van der Waals surface area contributed by atoms with Crippen LogP contribution in [0.3, 0.4) is 0 Å². The number of hydrogen-bond donors (Lipinski definition) is 1. The van der Waals surface area contributed by atoms with E-state index in [1.807, 2.05) is 0 Å². The fraction of sp³-hybridized carbons (Fsp3) is 0.714. The van der Waals surface area contributed by atoms with Gasteiger partial charge in [-0.15, -0.1) is 0 Å². The number of amides is 1. The van der Waals surface area contributed by atoms with Crippen LogP contribution in [0.5, 0.6) is 0 Å². The Kier molecular flexibility index (Phi) is 4.49. The van der Waals surface area contributed by atoms with Gasteiger partial charge in [-0.05, 0) is 12.8 Å². The molecule has 8 heteroatoms. The van der Waals surface area contributed by atoms with Crippen LogP contribution < -0.4 is 5.32 Å². The molecule has 1 fully saturated rings. The van der Waals surface area contributed by atoms with Crippen LogP contribution in [-0.2, 0) is 26.1 Å². The van der Waals surface area contributed by atoms with Crippen LogP contribution >= 0.6 is 11.8 Å². The van der Waals surface area contributed by atoms with Gasteiger partial charge in [0.2, 0.25) is 5.91 Å². The molecule has 1 aromatic rings. The van der Waals surface area contributed by atoms with Gasteiger partial charge in [-0.2, -0.15) is 16.9 Å². The summed E-state index contributed by atoms with van der Waals surface area (Å²) in [5, 5.41) is 7.57. The van der Waals surface area contributed by atoms with E-state index >= 15 is 0 Å². The van der Waals surface area contributed by atoms with E-state index < -0.39 is 9.84 Å². The smallest absolute Gasteiger partial charge is 0.225 e. The number of sulfone groups is 1. The first-order chi connectivity index (χ1) is 10.5. The summed E-state index contributed by atoms with van der Waals surface area (Å²) in [4.78, 5) is 12.1. The summed E-state index contributed by atoms with van der Waals surface area (Å²) >= 11 is 1.77. The first-order valence-corrected chi connectivity index (χ1v) is 10.7. The molecule has 1 amide bonds. The van der Waals surface area contributed by atoms with E-state index in [1.54, 1.807) is 16.4 Å². The topological polar surface area (TPSA) is 81.1 Å². The third kappa shape index (κ3) is 3.17. The Morgan fingerprint density at radius 1 is 1.45 bits per heavy atom. The number of rotatable bonds is 5. The molecule has 2 aliphatic rings. The molecule has 0 radical (unpaired) electrons. The van der Waals surface area contributed by atoms with Gasteiger partial charge in [0.1, 0.15) is 5.82 Å². The Balaban J connectivity index is 1.86. The molecule has 0 aliphatic carbocycles. The lowest BCUT2D eigenvalue weighted by atomic mass is 10.2. The number of unbranched alkanes of at least 4 members (excludes halogenated alkanes) is 1. The normalized spacial score (nSPS) is 22.7. The molecule has 0 bridgehead atoms. The first kappa shape index (κ1) is 15.9. The molecular formula is C14H21N3O3S2. The van der Waals surface area contributed by atoms with E-state index in [0.29, 0.717) is 12.8 Å². The maximum absolute atomic E-state index is 12.1. The Labute approximate surface area is 135 Å². The first-order valence-electron chi connectivity index (χ1n) is 7.68. The number of aromatic nitrogens is 2. The molecule has 1 unspecified atom stereocenters. The Morgan fingerprint density at radius 2 is 2.27 bits per heavy atom. The Hall–Kier alpha value is -1.02. The number of fused-ring (bicyclic) bond motifs is 1. The maximum Gasteiger partial charge on any atom is 0.225 e. The number of carbonyl (C=O) groups is 1. The molecule has 22 heavy (non-hydrogen) atoms. The highest BCUT2D eigenvalue weighted by atomic mass is 32.2. The fourth-order valence-electron chi connectivity index (χ4n) is 2.93. The van der Waals surface area contributed by atoms with Crippen LogP contribution in [0.15, 0.2) is 0 Å². The monoisotopic (exact) mass is 343 g/mol. The van der Waals surface area contributed by atoms with Crippen molar-refractivity contribution in [3.05, 3.63) is 11.3 Å². The van der Waals surface area contributed by atoms with Crippen molar-refractivity contribution in [3.8, 4) is 0 Å². The highest BCUT2D eigenvalue weighted by Gasteiger charge is 2.34. The summed E-state index contributed by atoms with van der Waals surface area (Å²) in [6, 6.07) is -0.151. The third-order valence-electron chi connectivity index (χ3n) is 4.15. The van der Waals surface area contributed by atoms with E-state index in [1.165, 1.54) is 0 Å². The van der Waals surface area contributed by atoms with Gasteiger partial charge >= 0.3 is 0 Å². The van der Waals surface area contributed by atoms with Gasteiger partial charge in [0, 0.05) is 23.5 Å². The predicted molar refractivity (Wildman–Crippen MR) is 87.7 cm³/mol. The molecule has 3 rings (SSSR count). The number of thioether (sulfide) groups is 1. The number of nitrogens with one attached hydrogen (secondary N) is 1. The zero-order valence-corrected chi connectivity index (χ0v) is 14.3.